The van der Waals surface area contributed by atoms with Crippen LogP contribution in [0.3, 0.4) is 0 Å². The van der Waals surface area contributed by atoms with Gasteiger partial charge in [-0.05, 0) is 19.3 Å². The maximum Gasteiger partial charge on any atom is 0.270 e. The smallest absolute Gasteiger partial charge is 0.270 e. The zero-order valence-electron chi connectivity index (χ0n) is 13.4. The summed E-state index contributed by atoms with van der Waals surface area (Å²) in [5.74, 6) is 1.20. The van der Waals surface area contributed by atoms with Gasteiger partial charge in [0.2, 0.25) is 0 Å². The average molecular weight is 324 g/mol. The largest absolute Gasteiger partial charge is 0.376 e. The highest BCUT2D eigenvalue weighted by atomic mass is 16.5. The summed E-state index contributed by atoms with van der Waals surface area (Å²) in [6.07, 6.45) is 3.12. The Morgan fingerprint density at radius 1 is 1.25 bits per heavy atom. The van der Waals surface area contributed by atoms with Crippen LogP contribution >= 0.6 is 0 Å². The summed E-state index contributed by atoms with van der Waals surface area (Å²) in [4.78, 5) is 21.4. The molecule has 0 bridgehead atoms. The summed E-state index contributed by atoms with van der Waals surface area (Å²) < 4.78 is 5.67. The van der Waals surface area contributed by atoms with Gasteiger partial charge in [-0.25, -0.2) is 9.97 Å². The summed E-state index contributed by atoms with van der Waals surface area (Å²) in [5.41, 5.74) is 2.28. The van der Waals surface area contributed by atoms with Gasteiger partial charge in [-0.2, -0.15) is 0 Å². The van der Waals surface area contributed by atoms with Crippen LogP contribution < -0.4 is 10.6 Å². The molecule has 1 aromatic heterocycles. The molecule has 3 heterocycles. The number of ether oxygens (including phenoxy) is 1. The van der Waals surface area contributed by atoms with Gasteiger partial charge in [0, 0.05) is 30.8 Å². The number of benzene rings is 1. The second-order valence-electron chi connectivity index (χ2n) is 6.11. The molecule has 1 aromatic carbocycles. The number of fused-ring (bicyclic) bond motifs is 1. The van der Waals surface area contributed by atoms with Crippen LogP contribution in [0.15, 0.2) is 30.3 Å². The molecule has 2 N–H and O–H groups in total. The minimum atomic E-state index is -0.129. The van der Waals surface area contributed by atoms with E-state index < -0.39 is 0 Å². The Labute approximate surface area is 140 Å². The number of hydrogen-bond donors (Lipinski definition) is 2. The molecule has 1 fully saturated rings. The topological polar surface area (TPSA) is 76.1 Å². The van der Waals surface area contributed by atoms with Gasteiger partial charge in [0.15, 0.2) is 5.82 Å². The number of carbonyl (C=O) groups excluding carboxylic acids is 1. The van der Waals surface area contributed by atoms with E-state index in [9.17, 15) is 4.79 Å². The number of hydrogen-bond acceptors (Lipinski definition) is 5. The molecule has 0 saturated carbocycles. The highest BCUT2D eigenvalue weighted by Crippen LogP contribution is 2.25. The molecule has 0 aliphatic carbocycles. The molecule has 124 valence electrons. The zero-order chi connectivity index (χ0) is 16.4. The molecule has 24 heavy (non-hydrogen) atoms. The fourth-order valence-corrected chi connectivity index (χ4v) is 3.17. The number of rotatable bonds is 4. The first-order chi connectivity index (χ1) is 11.8. The van der Waals surface area contributed by atoms with Crippen molar-refractivity contribution < 1.29 is 9.53 Å². The van der Waals surface area contributed by atoms with E-state index in [1.54, 1.807) is 0 Å². The van der Waals surface area contributed by atoms with Crippen LogP contribution in [0.2, 0.25) is 0 Å². The Hall–Kier alpha value is -2.47. The normalized spacial score (nSPS) is 19.7. The van der Waals surface area contributed by atoms with Crippen molar-refractivity contribution in [3.05, 3.63) is 41.6 Å². The van der Waals surface area contributed by atoms with E-state index in [1.807, 2.05) is 30.3 Å². The van der Waals surface area contributed by atoms with Crippen LogP contribution in [0.4, 0.5) is 5.82 Å². The van der Waals surface area contributed by atoms with Crippen molar-refractivity contribution in [1.82, 2.24) is 15.3 Å². The number of anilines is 1. The maximum absolute atomic E-state index is 12.2. The molecule has 2 aliphatic rings. The average Bonchev–Trinajstić information content (AvgIpc) is 3.14. The van der Waals surface area contributed by atoms with Crippen LogP contribution in [0.1, 0.15) is 28.9 Å². The highest BCUT2D eigenvalue weighted by molar-refractivity contribution is 5.96. The Balaban J connectivity index is 1.69. The van der Waals surface area contributed by atoms with Gasteiger partial charge in [0.05, 0.1) is 6.10 Å². The minimum Gasteiger partial charge on any atom is -0.376 e. The van der Waals surface area contributed by atoms with Crippen LogP contribution in [-0.4, -0.2) is 41.7 Å². The summed E-state index contributed by atoms with van der Waals surface area (Å²) in [5, 5.41) is 6.25. The van der Waals surface area contributed by atoms with E-state index in [4.69, 9.17) is 9.72 Å². The van der Waals surface area contributed by atoms with Gasteiger partial charge in [-0.3, -0.25) is 4.79 Å². The van der Waals surface area contributed by atoms with Gasteiger partial charge in [0.25, 0.3) is 5.91 Å². The van der Waals surface area contributed by atoms with Crippen molar-refractivity contribution in [2.45, 2.75) is 25.4 Å². The van der Waals surface area contributed by atoms with E-state index >= 15 is 0 Å². The van der Waals surface area contributed by atoms with E-state index in [2.05, 4.69) is 15.6 Å². The first-order valence-corrected chi connectivity index (χ1v) is 8.41. The summed E-state index contributed by atoms with van der Waals surface area (Å²) in [6.45, 7) is 2.15. The number of aromatic nitrogens is 2. The fraction of sp³-hybridized carbons (Fsp3) is 0.389. The van der Waals surface area contributed by atoms with Crippen LogP contribution in [0.5, 0.6) is 0 Å². The number of amides is 1. The summed E-state index contributed by atoms with van der Waals surface area (Å²) in [7, 11) is 0. The van der Waals surface area contributed by atoms with Crippen LogP contribution in [-0.2, 0) is 11.2 Å². The van der Waals surface area contributed by atoms with Crippen molar-refractivity contribution in [3.8, 4) is 11.4 Å². The molecule has 1 saturated heterocycles. The highest BCUT2D eigenvalue weighted by Gasteiger charge is 2.25. The van der Waals surface area contributed by atoms with Crippen LogP contribution in [0.25, 0.3) is 11.4 Å². The maximum atomic E-state index is 12.2. The Morgan fingerprint density at radius 3 is 2.92 bits per heavy atom. The molecular weight excluding hydrogens is 304 g/mol. The molecule has 6 nitrogen and oxygen atoms in total. The second-order valence-corrected chi connectivity index (χ2v) is 6.11. The number of nitrogens with one attached hydrogen (secondary N) is 2. The van der Waals surface area contributed by atoms with Gasteiger partial charge in [-0.15, -0.1) is 0 Å². The monoisotopic (exact) mass is 324 g/mol. The molecular formula is C18H20N4O2. The SMILES string of the molecule is O=C1NCCc2c(NCC3CCCO3)nc(-c3ccccc3)nc21. The Morgan fingerprint density at radius 2 is 2.12 bits per heavy atom. The third-order valence-electron chi connectivity index (χ3n) is 4.44. The third kappa shape index (κ3) is 2.97. The molecule has 2 aliphatic heterocycles. The molecule has 1 atom stereocenters. The zero-order valence-corrected chi connectivity index (χ0v) is 13.4. The summed E-state index contributed by atoms with van der Waals surface area (Å²) >= 11 is 0. The Kier molecular flexibility index (Phi) is 4.13. The first kappa shape index (κ1) is 15.1. The number of nitrogens with zero attached hydrogens (tertiary/aromatic N) is 2. The van der Waals surface area contributed by atoms with E-state index in [0.717, 1.165) is 42.8 Å². The van der Waals surface area contributed by atoms with E-state index in [-0.39, 0.29) is 12.0 Å². The molecule has 1 amide bonds. The molecule has 0 radical (unpaired) electrons. The third-order valence-corrected chi connectivity index (χ3v) is 4.44. The molecule has 2 aromatic rings. The quantitative estimate of drug-likeness (QED) is 0.900. The summed E-state index contributed by atoms with van der Waals surface area (Å²) in [6, 6.07) is 9.74. The predicted molar refractivity (Wildman–Crippen MR) is 91.0 cm³/mol. The Bertz CT molecular complexity index is 742. The van der Waals surface area contributed by atoms with E-state index in [1.165, 1.54) is 0 Å². The van der Waals surface area contributed by atoms with Crippen molar-refractivity contribution in [1.29, 1.82) is 0 Å². The lowest BCUT2D eigenvalue weighted by Gasteiger charge is -2.21. The van der Waals surface area contributed by atoms with Gasteiger partial charge in [0.1, 0.15) is 11.5 Å². The van der Waals surface area contributed by atoms with Gasteiger partial charge >= 0.3 is 0 Å². The lowest BCUT2D eigenvalue weighted by molar-refractivity contribution is 0.0940. The molecule has 1 unspecified atom stereocenters. The second kappa shape index (κ2) is 6.57. The number of carbonyl (C=O) groups is 1. The van der Waals surface area contributed by atoms with Crippen molar-refractivity contribution in [2.75, 3.05) is 25.0 Å². The lowest BCUT2D eigenvalue weighted by atomic mass is 10.1. The minimum absolute atomic E-state index is 0.129. The van der Waals surface area contributed by atoms with Crippen LogP contribution in [0, 0.1) is 0 Å². The van der Waals surface area contributed by atoms with E-state index in [0.29, 0.717) is 24.6 Å². The molecule has 4 rings (SSSR count). The lowest BCUT2D eigenvalue weighted by Crippen LogP contribution is -2.34. The molecule has 0 spiro atoms. The first-order valence-electron chi connectivity index (χ1n) is 8.41. The van der Waals surface area contributed by atoms with Gasteiger partial charge in [-0.1, -0.05) is 30.3 Å². The van der Waals surface area contributed by atoms with Crippen molar-refractivity contribution >= 4 is 11.7 Å². The van der Waals surface area contributed by atoms with Crippen molar-refractivity contribution in [2.24, 2.45) is 0 Å². The van der Waals surface area contributed by atoms with Crippen molar-refractivity contribution in [3.63, 3.8) is 0 Å². The standard InChI is InChI=1S/C18H20N4O2/c23-18-15-14(8-9-19-18)17(20-11-13-7-4-10-24-13)22-16(21-15)12-5-2-1-3-6-12/h1-3,5-6,13H,4,7-11H2,(H,19,23)(H,20,21,22). The predicted octanol–water partition coefficient (Wildman–Crippen LogP) is 2.02. The van der Waals surface area contributed by atoms with Gasteiger partial charge < -0.3 is 15.4 Å². The fourth-order valence-electron chi connectivity index (χ4n) is 3.17. The molecule has 6 heteroatoms.